The summed E-state index contributed by atoms with van der Waals surface area (Å²) >= 11 is 1.66. The van der Waals surface area contributed by atoms with Crippen LogP contribution in [0.15, 0.2) is 47.4 Å². The van der Waals surface area contributed by atoms with Crippen molar-refractivity contribution in [1.82, 2.24) is 0 Å². The Hall–Kier alpha value is -2.65. The number of hydrogen-bond donors (Lipinski definition) is 1. The zero-order valence-electron chi connectivity index (χ0n) is 14.2. The molecule has 0 spiro atoms. The molecule has 0 heterocycles. The first-order valence-electron chi connectivity index (χ1n) is 7.81. The van der Waals surface area contributed by atoms with Crippen LogP contribution in [0.3, 0.4) is 0 Å². The molecule has 1 amide bonds. The largest absolute Gasteiger partial charge is 0.493 e. The molecule has 0 fully saturated rings. The third-order valence-corrected chi connectivity index (χ3v) is 4.22. The molecule has 0 radical (unpaired) electrons. The Balaban J connectivity index is 1.77. The van der Waals surface area contributed by atoms with E-state index in [1.54, 1.807) is 30.0 Å². The van der Waals surface area contributed by atoms with Gasteiger partial charge in [-0.2, -0.15) is 5.26 Å². The summed E-state index contributed by atoms with van der Waals surface area (Å²) in [5.41, 5.74) is 1.30. The SMILES string of the molecule is COc1cc(C#N)ccc1OCCCC(=O)Nc1ccc(SC)cc1. The summed E-state index contributed by atoms with van der Waals surface area (Å²) < 4.78 is 10.8. The van der Waals surface area contributed by atoms with E-state index in [0.29, 0.717) is 36.5 Å². The average molecular weight is 356 g/mol. The summed E-state index contributed by atoms with van der Waals surface area (Å²) in [5.74, 6) is 1.03. The number of rotatable bonds is 8. The summed E-state index contributed by atoms with van der Waals surface area (Å²) in [6.07, 6.45) is 2.96. The number of nitrogens with zero attached hydrogens (tertiary/aromatic N) is 1. The first kappa shape index (κ1) is 18.7. The van der Waals surface area contributed by atoms with Gasteiger partial charge in [-0.3, -0.25) is 4.79 Å². The van der Waals surface area contributed by atoms with Gasteiger partial charge in [0.2, 0.25) is 5.91 Å². The van der Waals surface area contributed by atoms with Crippen molar-refractivity contribution in [3.8, 4) is 17.6 Å². The fourth-order valence-electron chi connectivity index (χ4n) is 2.17. The predicted molar refractivity (Wildman–Crippen MR) is 99.3 cm³/mol. The van der Waals surface area contributed by atoms with Crippen LogP contribution in [-0.4, -0.2) is 25.9 Å². The molecule has 0 saturated carbocycles. The Morgan fingerprint density at radius 1 is 1.20 bits per heavy atom. The number of anilines is 1. The lowest BCUT2D eigenvalue weighted by Crippen LogP contribution is -2.12. The number of thioether (sulfide) groups is 1. The molecule has 0 aliphatic heterocycles. The van der Waals surface area contributed by atoms with Gasteiger partial charge in [-0.05, 0) is 49.1 Å². The standard InChI is InChI=1S/C19H20N2O3S/c1-23-18-12-14(13-20)5-10-17(18)24-11-3-4-19(22)21-15-6-8-16(25-2)9-7-15/h5-10,12H,3-4,11H2,1-2H3,(H,21,22). The molecule has 2 rings (SSSR count). The minimum Gasteiger partial charge on any atom is -0.493 e. The molecule has 0 bridgehead atoms. The molecule has 2 aromatic carbocycles. The van der Waals surface area contributed by atoms with Gasteiger partial charge in [0.25, 0.3) is 0 Å². The number of nitrogens with one attached hydrogen (secondary N) is 1. The quantitative estimate of drug-likeness (QED) is 0.570. The first-order chi connectivity index (χ1) is 12.2. The lowest BCUT2D eigenvalue weighted by atomic mass is 10.2. The molecule has 5 nitrogen and oxygen atoms in total. The molecule has 0 saturated heterocycles. The van der Waals surface area contributed by atoms with E-state index < -0.39 is 0 Å². The fourth-order valence-corrected chi connectivity index (χ4v) is 2.58. The second-order valence-electron chi connectivity index (χ2n) is 5.21. The summed E-state index contributed by atoms with van der Waals surface area (Å²) in [6, 6.07) is 14.8. The number of ether oxygens (including phenoxy) is 2. The van der Waals surface area contributed by atoms with Crippen LogP contribution in [0.2, 0.25) is 0 Å². The maximum Gasteiger partial charge on any atom is 0.224 e. The number of benzene rings is 2. The van der Waals surface area contributed by atoms with E-state index in [9.17, 15) is 4.79 Å². The second-order valence-corrected chi connectivity index (χ2v) is 6.09. The first-order valence-corrected chi connectivity index (χ1v) is 9.03. The van der Waals surface area contributed by atoms with Crippen LogP contribution in [0.1, 0.15) is 18.4 Å². The minimum atomic E-state index is -0.0488. The van der Waals surface area contributed by atoms with Crippen molar-refractivity contribution < 1.29 is 14.3 Å². The summed E-state index contributed by atoms with van der Waals surface area (Å²) in [5, 5.41) is 11.7. The van der Waals surface area contributed by atoms with E-state index in [0.717, 1.165) is 10.6 Å². The van der Waals surface area contributed by atoms with Gasteiger partial charge in [0.05, 0.1) is 25.3 Å². The highest BCUT2D eigenvalue weighted by Gasteiger charge is 2.07. The number of amides is 1. The Kier molecular flexibility index (Phi) is 7.17. The number of carbonyl (C=O) groups excluding carboxylic acids is 1. The van der Waals surface area contributed by atoms with E-state index in [4.69, 9.17) is 14.7 Å². The minimum absolute atomic E-state index is 0.0488. The lowest BCUT2D eigenvalue weighted by molar-refractivity contribution is -0.116. The maximum absolute atomic E-state index is 12.0. The van der Waals surface area contributed by atoms with Crippen LogP contribution in [0.5, 0.6) is 11.5 Å². The van der Waals surface area contributed by atoms with E-state index in [2.05, 4.69) is 11.4 Å². The summed E-state index contributed by atoms with van der Waals surface area (Å²) in [6.45, 7) is 0.390. The van der Waals surface area contributed by atoms with Crippen LogP contribution in [0.4, 0.5) is 5.69 Å². The van der Waals surface area contributed by atoms with Gasteiger partial charge in [0.1, 0.15) is 0 Å². The van der Waals surface area contributed by atoms with Crippen molar-refractivity contribution in [1.29, 1.82) is 5.26 Å². The number of nitriles is 1. The maximum atomic E-state index is 12.0. The Morgan fingerprint density at radius 2 is 1.96 bits per heavy atom. The molecule has 1 N–H and O–H groups in total. The average Bonchev–Trinajstić information content (AvgIpc) is 2.65. The molecule has 0 aliphatic rings. The number of methoxy groups -OCH3 is 1. The highest BCUT2D eigenvalue weighted by molar-refractivity contribution is 7.98. The van der Waals surface area contributed by atoms with Gasteiger partial charge < -0.3 is 14.8 Å². The molecule has 0 atom stereocenters. The van der Waals surface area contributed by atoms with E-state index in [1.807, 2.05) is 30.5 Å². The summed E-state index contributed by atoms with van der Waals surface area (Å²) in [4.78, 5) is 13.1. The molecule has 6 heteroatoms. The third kappa shape index (κ3) is 5.73. The molecular weight excluding hydrogens is 336 g/mol. The molecule has 25 heavy (non-hydrogen) atoms. The van der Waals surface area contributed by atoms with Crippen molar-refractivity contribution in [2.45, 2.75) is 17.7 Å². The van der Waals surface area contributed by atoms with Crippen molar-refractivity contribution in [3.63, 3.8) is 0 Å². The number of carbonyl (C=O) groups is 1. The van der Waals surface area contributed by atoms with Gasteiger partial charge in [-0.1, -0.05) is 0 Å². The van der Waals surface area contributed by atoms with E-state index in [-0.39, 0.29) is 5.91 Å². The van der Waals surface area contributed by atoms with Crippen LogP contribution < -0.4 is 14.8 Å². The van der Waals surface area contributed by atoms with Gasteiger partial charge in [-0.15, -0.1) is 11.8 Å². The second kappa shape index (κ2) is 9.60. The van der Waals surface area contributed by atoms with Crippen LogP contribution in [-0.2, 0) is 4.79 Å². The normalized spacial score (nSPS) is 9.96. The van der Waals surface area contributed by atoms with Gasteiger partial charge in [-0.25, -0.2) is 0 Å². The molecule has 130 valence electrons. The van der Waals surface area contributed by atoms with Crippen LogP contribution in [0.25, 0.3) is 0 Å². The predicted octanol–water partition coefficient (Wildman–Crippen LogP) is 4.09. The van der Waals surface area contributed by atoms with Crippen molar-refractivity contribution in [3.05, 3.63) is 48.0 Å². The lowest BCUT2D eigenvalue weighted by Gasteiger charge is -2.11. The molecule has 2 aromatic rings. The summed E-state index contributed by atoms with van der Waals surface area (Å²) in [7, 11) is 1.53. The zero-order valence-corrected chi connectivity index (χ0v) is 15.1. The topological polar surface area (TPSA) is 71.3 Å². The van der Waals surface area contributed by atoms with Crippen LogP contribution in [0, 0.1) is 11.3 Å². The molecule has 0 aliphatic carbocycles. The zero-order chi connectivity index (χ0) is 18.1. The molecular formula is C19H20N2O3S. The molecule has 0 unspecified atom stereocenters. The number of hydrogen-bond acceptors (Lipinski definition) is 5. The van der Waals surface area contributed by atoms with Crippen molar-refractivity contribution in [2.75, 3.05) is 25.3 Å². The Bertz CT molecular complexity index is 754. The van der Waals surface area contributed by atoms with Crippen molar-refractivity contribution in [2.24, 2.45) is 0 Å². The monoisotopic (exact) mass is 356 g/mol. The highest BCUT2D eigenvalue weighted by Crippen LogP contribution is 2.28. The van der Waals surface area contributed by atoms with E-state index >= 15 is 0 Å². The van der Waals surface area contributed by atoms with Gasteiger partial charge >= 0.3 is 0 Å². The van der Waals surface area contributed by atoms with Gasteiger partial charge in [0, 0.05) is 23.1 Å². The van der Waals surface area contributed by atoms with Gasteiger partial charge in [0.15, 0.2) is 11.5 Å². The Morgan fingerprint density at radius 3 is 2.60 bits per heavy atom. The Labute approximate surface area is 151 Å². The third-order valence-electron chi connectivity index (χ3n) is 3.47. The fraction of sp³-hybridized carbons (Fsp3) is 0.263. The highest BCUT2D eigenvalue weighted by atomic mass is 32.2. The van der Waals surface area contributed by atoms with Crippen molar-refractivity contribution >= 4 is 23.4 Å². The smallest absolute Gasteiger partial charge is 0.224 e. The van der Waals surface area contributed by atoms with Crippen LogP contribution >= 0.6 is 11.8 Å². The van der Waals surface area contributed by atoms with E-state index in [1.165, 1.54) is 7.11 Å². The molecule has 0 aromatic heterocycles.